The van der Waals surface area contributed by atoms with Crippen molar-refractivity contribution < 1.29 is 18.3 Å². The highest BCUT2D eigenvalue weighted by atomic mass is 32.2. The van der Waals surface area contributed by atoms with Gasteiger partial charge in [-0.3, -0.25) is 4.79 Å². The molecule has 0 saturated carbocycles. The Morgan fingerprint density at radius 3 is 2.82 bits per heavy atom. The van der Waals surface area contributed by atoms with Crippen molar-refractivity contribution in [3.8, 4) is 0 Å². The molecule has 1 saturated heterocycles. The van der Waals surface area contributed by atoms with Gasteiger partial charge in [-0.25, -0.2) is 8.42 Å². The van der Waals surface area contributed by atoms with Gasteiger partial charge in [0.25, 0.3) is 10.0 Å². The summed E-state index contributed by atoms with van der Waals surface area (Å²) < 4.78 is 25.8. The van der Waals surface area contributed by atoms with Gasteiger partial charge in [-0.1, -0.05) is 0 Å². The predicted octanol–water partition coefficient (Wildman–Crippen LogP) is 1.29. The lowest BCUT2D eigenvalue weighted by atomic mass is 10.2. The number of sulfonamides is 1. The van der Waals surface area contributed by atoms with Crippen LogP contribution in [-0.4, -0.2) is 36.4 Å². The maximum absolute atomic E-state index is 12.2. The number of hydrogen-bond acceptors (Lipinski definition) is 4. The molecule has 1 aliphatic heterocycles. The van der Waals surface area contributed by atoms with Gasteiger partial charge < -0.3 is 5.11 Å². The second-order valence-electron chi connectivity index (χ2n) is 4.06. The van der Waals surface area contributed by atoms with Crippen molar-refractivity contribution in [2.24, 2.45) is 0 Å². The summed E-state index contributed by atoms with van der Waals surface area (Å²) in [5, 5.41) is 10.7. The Morgan fingerprint density at radius 1 is 1.59 bits per heavy atom. The Balaban J connectivity index is 2.36. The van der Waals surface area contributed by atoms with Crippen LogP contribution in [0.5, 0.6) is 0 Å². The van der Waals surface area contributed by atoms with Crippen LogP contribution in [0.25, 0.3) is 0 Å². The van der Waals surface area contributed by atoms with Gasteiger partial charge in [0, 0.05) is 6.54 Å². The fourth-order valence-electron chi connectivity index (χ4n) is 1.93. The van der Waals surface area contributed by atoms with Gasteiger partial charge >= 0.3 is 5.97 Å². The van der Waals surface area contributed by atoms with Gasteiger partial charge in [-0.15, -0.1) is 11.3 Å². The minimum atomic E-state index is -3.64. The average Bonchev–Trinajstić information content (AvgIpc) is 2.84. The highest BCUT2D eigenvalue weighted by Gasteiger charge is 2.39. The molecule has 0 unspecified atom stereocenters. The van der Waals surface area contributed by atoms with E-state index in [1.165, 1.54) is 0 Å². The van der Waals surface area contributed by atoms with Gasteiger partial charge in [0.1, 0.15) is 10.3 Å². The highest BCUT2D eigenvalue weighted by molar-refractivity contribution is 7.91. The molecule has 1 N–H and O–H groups in total. The summed E-state index contributed by atoms with van der Waals surface area (Å²) >= 11 is 1.13. The van der Waals surface area contributed by atoms with Crippen molar-refractivity contribution in [2.45, 2.75) is 30.0 Å². The quantitative estimate of drug-likeness (QED) is 0.902. The molecule has 0 aromatic carbocycles. The minimum Gasteiger partial charge on any atom is -0.480 e. The van der Waals surface area contributed by atoms with Crippen molar-refractivity contribution >= 4 is 27.3 Å². The summed E-state index contributed by atoms with van der Waals surface area (Å²) in [5.41, 5.74) is 0.875. The zero-order chi connectivity index (χ0) is 12.6. The van der Waals surface area contributed by atoms with Crippen LogP contribution >= 0.6 is 11.3 Å². The number of rotatable bonds is 3. The van der Waals surface area contributed by atoms with Crippen LogP contribution in [0.15, 0.2) is 15.7 Å². The van der Waals surface area contributed by atoms with Gasteiger partial charge in [-0.2, -0.15) is 4.31 Å². The number of aliphatic carboxylic acids is 1. The lowest BCUT2D eigenvalue weighted by Gasteiger charge is -2.19. The first-order valence-electron chi connectivity index (χ1n) is 5.22. The standard InChI is InChI=1S/C10H13NO4S2/c1-7-5-9(16-6-7)17(14,15)11-4-2-3-8(11)10(12)13/h5-6,8H,2-4H2,1H3,(H,12,13)/t8-/m0/s1. The smallest absolute Gasteiger partial charge is 0.322 e. The third kappa shape index (κ3) is 2.22. The van der Waals surface area contributed by atoms with E-state index in [0.29, 0.717) is 12.8 Å². The van der Waals surface area contributed by atoms with E-state index < -0.39 is 22.0 Å². The molecule has 0 bridgehead atoms. The molecule has 0 aliphatic carbocycles. The number of hydrogen-bond donors (Lipinski definition) is 1. The van der Waals surface area contributed by atoms with Crippen molar-refractivity contribution in [1.82, 2.24) is 4.31 Å². The molecule has 0 radical (unpaired) electrons. The highest BCUT2D eigenvalue weighted by Crippen LogP contribution is 2.29. The zero-order valence-electron chi connectivity index (χ0n) is 9.29. The SMILES string of the molecule is Cc1csc(S(=O)(=O)N2CCC[C@H]2C(=O)O)c1. The second-order valence-corrected chi connectivity index (χ2v) is 7.08. The second kappa shape index (κ2) is 4.40. The van der Waals surface area contributed by atoms with Crippen LogP contribution in [0, 0.1) is 6.92 Å². The van der Waals surface area contributed by atoms with E-state index in [1.807, 2.05) is 6.92 Å². The summed E-state index contributed by atoms with van der Waals surface area (Å²) in [4.78, 5) is 11.0. The molecule has 2 heterocycles. The molecule has 94 valence electrons. The Kier molecular flexibility index (Phi) is 3.24. The summed E-state index contributed by atoms with van der Waals surface area (Å²) in [7, 11) is -3.64. The Bertz CT molecular complexity index is 534. The van der Waals surface area contributed by atoms with Crippen LogP contribution in [0.3, 0.4) is 0 Å². The predicted molar refractivity (Wildman–Crippen MR) is 63.6 cm³/mol. The summed E-state index contributed by atoms with van der Waals surface area (Å²) in [5.74, 6) is -1.07. The molecule has 7 heteroatoms. The van der Waals surface area contributed by atoms with Crippen LogP contribution < -0.4 is 0 Å². The van der Waals surface area contributed by atoms with E-state index in [0.717, 1.165) is 21.2 Å². The Labute approximate surface area is 104 Å². The number of carbonyl (C=O) groups is 1. The molecular weight excluding hydrogens is 262 g/mol. The molecule has 5 nitrogen and oxygen atoms in total. The van der Waals surface area contributed by atoms with E-state index in [-0.39, 0.29) is 10.8 Å². The van der Waals surface area contributed by atoms with Crippen molar-refractivity contribution in [1.29, 1.82) is 0 Å². The lowest BCUT2D eigenvalue weighted by Crippen LogP contribution is -2.40. The number of thiophene rings is 1. The maximum Gasteiger partial charge on any atom is 0.322 e. The first-order valence-corrected chi connectivity index (χ1v) is 7.54. The molecule has 1 aromatic heterocycles. The molecule has 2 rings (SSSR count). The van der Waals surface area contributed by atoms with Crippen LogP contribution in [0.2, 0.25) is 0 Å². The van der Waals surface area contributed by atoms with E-state index in [2.05, 4.69) is 0 Å². The number of carboxylic acid groups (broad SMARTS) is 1. The first-order chi connectivity index (χ1) is 7.93. The third-order valence-electron chi connectivity index (χ3n) is 2.76. The largest absolute Gasteiger partial charge is 0.480 e. The van der Waals surface area contributed by atoms with Crippen molar-refractivity contribution in [3.05, 3.63) is 17.0 Å². The fourth-order valence-corrected chi connectivity index (χ4v) is 4.94. The molecule has 0 spiro atoms. The average molecular weight is 275 g/mol. The fraction of sp³-hybridized carbons (Fsp3) is 0.500. The van der Waals surface area contributed by atoms with Gasteiger partial charge in [-0.05, 0) is 36.8 Å². The van der Waals surface area contributed by atoms with E-state index in [1.54, 1.807) is 11.4 Å². The topological polar surface area (TPSA) is 74.7 Å². The van der Waals surface area contributed by atoms with Crippen molar-refractivity contribution in [3.63, 3.8) is 0 Å². The lowest BCUT2D eigenvalue weighted by molar-refractivity contribution is -0.140. The molecule has 1 atom stereocenters. The van der Waals surface area contributed by atoms with Gasteiger partial charge in [0.15, 0.2) is 0 Å². The number of carboxylic acids is 1. The monoisotopic (exact) mass is 275 g/mol. The molecule has 1 aromatic rings. The molecule has 17 heavy (non-hydrogen) atoms. The first kappa shape index (κ1) is 12.5. The number of aryl methyl sites for hydroxylation is 1. The number of nitrogens with zero attached hydrogens (tertiary/aromatic N) is 1. The summed E-state index contributed by atoms with van der Waals surface area (Å²) in [6.07, 6.45) is 0.986. The summed E-state index contributed by atoms with van der Waals surface area (Å²) in [6, 6.07) is 0.666. The Morgan fingerprint density at radius 2 is 2.29 bits per heavy atom. The maximum atomic E-state index is 12.2. The zero-order valence-corrected chi connectivity index (χ0v) is 10.9. The van der Waals surface area contributed by atoms with Gasteiger partial charge in [0.2, 0.25) is 0 Å². The van der Waals surface area contributed by atoms with Crippen LogP contribution in [-0.2, 0) is 14.8 Å². The van der Waals surface area contributed by atoms with E-state index in [4.69, 9.17) is 5.11 Å². The van der Waals surface area contributed by atoms with Gasteiger partial charge in [0.05, 0.1) is 0 Å². The Hall–Kier alpha value is -0.920. The van der Waals surface area contributed by atoms with E-state index in [9.17, 15) is 13.2 Å². The van der Waals surface area contributed by atoms with Crippen molar-refractivity contribution in [2.75, 3.05) is 6.54 Å². The molecular formula is C10H13NO4S2. The minimum absolute atomic E-state index is 0.225. The molecule has 0 amide bonds. The van der Waals surface area contributed by atoms with Crippen LogP contribution in [0.4, 0.5) is 0 Å². The molecule has 1 aliphatic rings. The third-order valence-corrected chi connectivity index (χ3v) is 6.20. The normalized spacial score (nSPS) is 21.8. The van der Waals surface area contributed by atoms with E-state index >= 15 is 0 Å². The van der Waals surface area contributed by atoms with Crippen LogP contribution in [0.1, 0.15) is 18.4 Å². The summed E-state index contributed by atoms with van der Waals surface area (Å²) in [6.45, 7) is 2.10. The molecule has 1 fully saturated rings.